The Labute approximate surface area is 137 Å². The molecule has 3 rings (SSSR count). The Hall–Kier alpha value is -1.53. The summed E-state index contributed by atoms with van der Waals surface area (Å²) in [5, 5.41) is 3.28. The first-order valence-electron chi connectivity index (χ1n) is 6.21. The molecule has 0 atom stereocenters. The van der Waals surface area contributed by atoms with Crippen LogP contribution >= 0.6 is 31.9 Å². The van der Waals surface area contributed by atoms with E-state index in [-0.39, 0.29) is 5.82 Å². The van der Waals surface area contributed by atoms with Crippen molar-refractivity contribution in [1.82, 2.24) is 9.97 Å². The van der Waals surface area contributed by atoms with Crippen molar-refractivity contribution in [2.24, 2.45) is 0 Å². The summed E-state index contributed by atoms with van der Waals surface area (Å²) in [6, 6.07) is 8.40. The molecule has 0 radical (unpaired) electrons. The first-order chi connectivity index (χ1) is 10.1. The van der Waals surface area contributed by atoms with Gasteiger partial charge in [0.25, 0.3) is 0 Å². The van der Waals surface area contributed by atoms with Gasteiger partial charge in [-0.05, 0) is 51.8 Å². The summed E-state index contributed by atoms with van der Waals surface area (Å²) in [6.07, 6.45) is 3.45. The molecule has 3 aromatic rings. The van der Waals surface area contributed by atoms with Crippen LogP contribution in [0.5, 0.6) is 0 Å². The molecule has 2 aromatic heterocycles. The van der Waals surface area contributed by atoms with Crippen LogP contribution < -0.4 is 5.32 Å². The van der Waals surface area contributed by atoms with E-state index in [0.29, 0.717) is 6.54 Å². The van der Waals surface area contributed by atoms with Gasteiger partial charge in [-0.2, -0.15) is 0 Å². The van der Waals surface area contributed by atoms with Crippen LogP contribution in [0.1, 0.15) is 5.56 Å². The van der Waals surface area contributed by atoms with Gasteiger partial charge in [0.15, 0.2) is 0 Å². The van der Waals surface area contributed by atoms with Gasteiger partial charge in [0.2, 0.25) is 0 Å². The number of fused-ring (bicyclic) bond motifs is 1. The number of halogens is 3. The third-order valence-electron chi connectivity index (χ3n) is 3.02. The zero-order chi connectivity index (χ0) is 14.8. The Bertz CT molecular complexity index is 808. The zero-order valence-electron chi connectivity index (χ0n) is 10.8. The molecule has 3 nitrogen and oxygen atoms in total. The van der Waals surface area contributed by atoms with Crippen molar-refractivity contribution in [3.05, 3.63) is 63.1 Å². The Morgan fingerprint density at radius 2 is 1.95 bits per heavy atom. The summed E-state index contributed by atoms with van der Waals surface area (Å²) in [7, 11) is 0. The van der Waals surface area contributed by atoms with E-state index in [1.807, 2.05) is 12.1 Å². The molecule has 106 valence electrons. The maximum absolute atomic E-state index is 13.3. The molecular weight excluding hydrogens is 401 g/mol. The molecule has 1 aromatic carbocycles. The van der Waals surface area contributed by atoms with E-state index in [4.69, 9.17) is 0 Å². The number of anilines is 1. The highest BCUT2D eigenvalue weighted by atomic mass is 79.9. The number of pyridine rings is 2. The topological polar surface area (TPSA) is 37.8 Å². The maximum Gasteiger partial charge on any atom is 0.123 e. The number of aromatic nitrogens is 2. The van der Waals surface area contributed by atoms with E-state index in [9.17, 15) is 4.39 Å². The van der Waals surface area contributed by atoms with Crippen LogP contribution in [-0.2, 0) is 6.54 Å². The van der Waals surface area contributed by atoms with Crippen LogP contribution in [0.4, 0.5) is 10.1 Å². The number of hydrogen-bond acceptors (Lipinski definition) is 3. The average Bonchev–Trinajstić information content (AvgIpc) is 2.47. The highest BCUT2D eigenvalue weighted by Gasteiger charge is 2.06. The Morgan fingerprint density at radius 1 is 1.10 bits per heavy atom. The van der Waals surface area contributed by atoms with E-state index < -0.39 is 0 Å². The highest BCUT2D eigenvalue weighted by molar-refractivity contribution is 9.10. The molecule has 6 heteroatoms. The van der Waals surface area contributed by atoms with Gasteiger partial charge in [-0.1, -0.05) is 15.9 Å². The number of nitrogens with zero attached hydrogens (tertiary/aromatic N) is 2. The van der Waals surface area contributed by atoms with Gasteiger partial charge in [-0.3, -0.25) is 9.97 Å². The molecule has 0 aliphatic rings. The van der Waals surface area contributed by atoms with Gasteiger partial charge in [0.05, 0.1) is 11.2 Å². The van der Waals surface area contributed by atoms with Gasteiger partial charge in [0, 0.05) is 27.9 Å². The molecule has 0 spiro atoms. The van der Waals surface area contributed by atoms with Gasteiger partial charge in [-0.15, -0.1) is 0 Å². The van der Waals surface area contributed by atoms with Crippen molar-refractivity contribution in [3.8, 4) is 0 Å². The highest BCUT2D eigenvalue weighted by Crippen LogP contribution is 2.24. The lowest BCUT2D eigenvalue weighted by Gasteiger charge is -2.10. The maximum atomic E-state index is 13.3. The molecule has 0 bridgehead atoms. The van der Waals surface area contributed by atoms with Crippen LogP contribution in [0.3, 0.4) is 0 Å². The Kier molecular flexibility index (Phi) is 4.17. The number of hydrogen-bond donors (Lipinski definition) is 1. The predicted octanol–water partition coefficient (Wildman–Crippen LogP) is 4.91. The summed E-state index contributed by atoms with van der Waals surface area (Å²) < 4.78 is 15.0. The molecule has 0 amide bonds. The molecule has 2 heterocycles. The summed E-state index contributed by atoms with van der Waals surface area (Å²) in [5.74, 6) is -0.253. The minimum Gasteiger partial charge on any atom is -0.379 e. The number of rotatable bonds is 3. The van der Waals surface area contributed by atoms with Crippen molar-refractivity contribution in [2.45, 2.75) is 6.54 Å². The minimum atomic E-state index is -0.253. The van der Waals surface area contributed by atoms with Gasteiger partial charge >= 0.3 is 0 Å². The van der Waals surface area contributed by atoms with Crippen LogP contribution in [0.2, 0.25) is 0 Å². The van der Waals surface area contributed by atoms with E-state index in [2.05, 4.69) is 47.1 Å². The molecule has 21 heavy (non-hydrogen) atoms. The summed E-state index contributed by atoms with van der Waals surface area (Å²) in [6.45, 7) is 0.495. The van der Waals surface area contributed by atoms with Crippen LogP contribution in [0.15, 0.2) is 51.7 Å². The van der Waals surface area contributed by atoms with E-state index in [1.165, 1.54) is 12.1 Å². The smallest absolute Gasteiger partial charge is 0.123 e. The van der Waals surface area contributed by atoms with E-state index in [1.54, 1.807) is 18.5 Å². The standard InChI is InChI=1S/C15H10Br2FN3/c16-10-6-14-15(21-8-10)13(3-4-19-14)20-7-9-5-11(18)1-2-12(9)17/h1-6,8H,7H2,(H,19,20). The Morgan fingerprint density at radius 3 is 2.81 bits per heavy atom. The zero-order valence-corrected chi connectivity index (χ0v) is 13.9. The van der Waals surface area contributed by atoms with Crippen molar-refractivity contribution < 1.29 is 4.39 Å². The summed E-state index contributed by atoms with van der Waals surface area (Å²) >= 11 is 6.80. The summed E-state index contributed by atoms with van der Waals surface area (Å²) in [4.78, 5) is 8.66. The minimum absolute atomic E-state index is 0.253. The molecule has 0 aliphatic carbocycles. The second-order valence-electron chi connectivity index (χ2n) is 4.47. The second-order valence-corrected chi connectivity index (χ2v) is 6.24. The fourth-order valence-electron chi connectivity index (χ4n) is 2.02. The number of nitrogens with one attached hydrogen (secondary N) is 1. The molecule has 1 N–H and O–H groups in total. The third kappa shape index (κ3) is 3.22. The Balaban J connectivity index is 1.90. The third-order valence-corrected chi connectivity index (χ3v) is 4.23. The molecule has 0 saturated carbocycles. The fourth-order valence-corrected chi connectivity index (χ4v) is 2.72. The van der Waals surface area contributed by atoms with Crippen LogP contribution in [0.25, 0.3) is 11.0 Å². The SMILES string of the molecule is Fc1ccc(Br)c(CNc2ccnc3cc(Br)cnc23)c1. The lowest BCUT2D eigenvalue weighted by Crippen LogP contribution is -2.02. The van der Waals surface area contributed by atoms with Gasteiger partial charge < -0.3 is 5.32 Å². The molecule has 0 fully saturated rings. The first kappa shape index (κ1) is 14.4. The fraction of sp³-hybridized carbons (Fsp3) is 0.0667. The quantitative estimate of drug-likeness (QED) is 0.666. The first-order valence-corrected chi connectivity index (χ1v) is 7.80. The van der Waals surface area contributed by atoms with Crippen molar-refractivity contribution >= 4 is 48.6 Å². The number of benzene rings is 1. The van der Waals surface area contributed by atoms with E-state index in [0.717, 1.165) is 31.2 Å². The lowest BCUT2D eigenvalue weighted by molar-refractivity contribution is 0.625. The molecule has 0 unspecified atom stereocenters. The van der Waals surface area contributed by atoms with Crippen molar-refractivity contribution in [1.29, 1.82) is 0 Å². The van der Waals surface area contributed by atoms with Crippen molar-refractivity contribution in [3.63, 3.8) is 0 Å². The second kappa shape index (κ2) is 6.07. The van der Waals surface area contributed by atoms with Crippen molar-refractivity contribution in [2.75, 3.05) is 5.32 Å². The monoisotopic (exact) mass is 409 g/mol. The summed E-state index contributed by atoms with van der Waals surface area (Å²) in [5.41, 5.74) is 3.29. The van der Waals surface area contributed by atoms with Gasteiger partial charge in [-0.25, -0.2) is 4.39 Å². The molecule has 0 saturated heterocycles. The van der Waals surface area contributed by atoms with Gasteiger partial charge in [0.1, 0.15) is 11.3 Å². The van der Waals surface area contributed by atoms with E-state index >= 15 is 0 Å². The largest absolute Gasteiger partial charge is 0.379 e. The lowest BCUT2D eigenvalue weighted by atomic mass is 10.2. The normalized spacial score (nSPS) is 10.8. The van der Waals surface area contributed by atoms with Crippen LogP contribution in [-0.4, -0.2) is 9.97 Å². The molecule has 0 aliphatic heterocycles. The van der Waals surface area contributed by atoms with Crippen LogP contribution in [0, 0.1) is 5.82 Å². The molecular formula is C15H10Br2FN3. The average molecular weight is 411 g/mol. The predicted molar refractivity (Wildman–Crippen MR) is 88.7 cm³/mol.